The highest BCUT2D eigenvalue weighted by molar-refractivity contribution is 7.17. The Bertz CT molecular complexity index is 820. The minimum Gasteiger partial charge on any atom is -0.355 e. The highest BCUT2D eigenvalue weighted by Gasteiger charge is 2.26. The van der Waals surface area contributed by atoms with Crippen LogP contribution in [0.5, 0.6) is 0 Å². The van der Waals surface area contributed by atoms with Gasteiger partial charge in [-0.1, -0.05) is 17.4 Å². The lowest BCUT2D eigenvalue weighted by molar-refractivity contribution is -0.125. The average molecular weight is 388 g/mol. The maximum absolute atomic E-state index is 12.4. The van der Waals surface area contributed by atoms with Crippen molar-refractivity contribution < 1.29 is 4.79 Å². The molecule has 4 rings (SSSR count). The van der Waals surface area contributed by atoms with E-state index in [1.165, 1.54) is 4.88 Å². The molecule has 0 aromatic carbocycles. The number of piperidine rings is 1. The van der Waals surface area contributed by atoms with Crippen molar-refractivity contribution in [1.82, 2.24) is 20.1 Å². The van der Waals surface area contributed by atoms with E-state index < -0.39 is 0 Å². The van der Waals surface area contributed by atoms with Gasteiger partial charge in [-0.25, -0.2) is 0 Å². The van der Waals surface area contributed by atoms with Gasteiger partial charge in [0.2, 0.25) is 16.2 Å². The third kappa shape index (κ3) is 3.96. The third-order valence-electron chi connectivity index (χ3n) is 4.62. The molecule has 3 aromatic rings. The monoisotopic (exact) mass is 387 g/mol. The summed E-state index contributed by atoms with van der Waals surface area (Å²) < 4.78 is 1.97. The van der Waals surface area contributed by atoms with Crippen LogP contribution in [0.25, 0.3) is 5.13 Å². The highest BCUT2D eigenvalue weighted by Crippen LogP contribution is 2.27. The van der Waals surface area contributed by atoms with Gasteiger partial charge in [0, 0.05) is 42.8 Å². The van der Waals surface area contributed by atoms with Crippen molar-refractivity contribution in [2.45, 2.75) is 19.3 Å². The first kappa shape index (κ1) is 17.2. The zero-order valence-corrected chi connectivity index (χ0v) is 16.0. The van der Waals surface area contributed by atoms with E-state index in [1.807, 2.05) is 35.2 Å². The zero-order chi connectivity index (χ0) is 17.8. The van der Waals surface area contributed by atoms with Crippen molar-refractivity contribution in [3.05, 3.63) is 46.9 Å². The number of nitrogens with zero attached hydrogens (tertiary/aromatic N) is 4. The molecule has 0 spiro atoms. The second kappa shape index (κ2) is 8.01. The molecule has 0 saturated carbocycles. The van der Waals surface area contributed by atoms with E-state index in [4.69, 9.17) is 0 Å². The lowest BCUT2D eigenvalue weighted by atomic mass is 9.96. The number of hydrogen-bond acceptors (Lipinski definition) is 6. The Morgan fingerprint density at radius 3 is 2.65 bits per heavy atom. The molecular formula is C18H21N5OS2. The average Bonchev–Trinajstić information content (AvgIpc) is 3.42. The largest absolute Gasteiger partial charge is 0.355 e. The Balaban J connectivity index is 1.25. The first-order chi connectivity index (χ1) is 12.8. The number of aromatic nitrogens is 3. The first-order valence-corrected chi connectivity index (χ1v) is 10.5. The molecular weight excluding hydrogens is 366 g/mol. The van der Waals surface area contributed by atoms with Crippen molar-refractivity contribution in [3.8, 4) is 5.13 Å². The summed E-state index contributed by atoms with van der Waals surface area (Å²) in [5.41, 5.74) is 0. The molecule has 1 fully saturated rings. The summed E-state index contributed by atoms with van der Waals surface area (Å²) in [5, 5.41) is 15.6. The standard InChI is InChI=1S/C18H21N5OS2/c24-16(19-8-5-15-4-3-13-25-15)14-6-11-23(12-7-14)18-21-20-17(26-18)22-9-1-2-10-22/h1-4,9-10,13-14H,5-8,11-12H2,(H,19,24). The minimum absolute atomic E-state index is 0.103. The Morgan fingerprint density at radius 1 is 1.15 bits per heavy atom. The van der Waals surface area contributed by atoms with E-state index in [0.29, 0.717) is 0 Å². The number of carbonyl (C=O) groups excluding carboxylic acids is 1. The molecule has 8 heteroatoms. The molecule has 1 amide bonds. The third-order valence-corrected chi connectivity index (χ3v) is 6.55. The van der Waals surface area contributed by atoms with Crippen LogP contribution in [0.1, 0.15) is 17.7 Å². The van der Waals surface area contributed by atoms with Crippen molar-refractivity contribution >= 4 is 33.7 Å². The SMILES string of the molecule is O=C(NCCc1cccs1)C1CCN(c2nnc(-n3cccc3)s2)CC1. The molecule has 1 N–H and O–H groups in total. The van der Waals surface area contributed by atoms with Crippen molar-refractivity contribution in [2.24, 2.45) is 5.92 Å². The molecule has 4 heterocycles. The summed E-state index contributed by atoms with van der Waals surface area (Å²) in [6, 6.07) is 8.11. The van der Waals surface area contributed by atoms with Gasteiger partial charge in [-0.05, 0) is 42.8 Å². The Labute approximate surface area is 160 Å². The van der Waals surface area contributed by atoms with Crippen molar-refractivity contribution in [2.75, 3.05) is 24.5 Å². The summed E-state index contributed by atoms with van der Waals surface area (Å²) in [6.07, 6.45) is 6.58. The summed E-state index contributed by atoms with van der Waals surface area (Å²) >= 11 is 3.32. The summed E-state index contributed by atoms with van der Waals surface area (Å²) in [6.45, 7) is 2.42. The first-order valence-electron chi connectivity index (χ1n) is 8.81. The predicted molar refractivity (Wildman–Crippen MR) is 105 cm³/mol. The number of hydrogen-bond donors (Lipinski definition) is 1. The van der Waals surface area contributed by atoms with E-state index in [9.17, 15) is 4.79 Å². The Morgan fingerprint density at radius 2 is 1.92 bits per heavy atom. The number of rotatable bonds is 6. The molecule has 1 aliphatic heterocycles. The molecule has 136 valence electrons. The van der Waals surface area contributed by atoms with Gasteiger partial charge in [0.1, 0.15) is 0 Å². The molecule has 3 aromatic heterocycles. The Kier molecular flexibility index (Phi) is 5.31. The number of carbonyl (C=O) groups is 1. The van der Waals surface area contributed by atoms with Crippen molar-refractivity contribution in [1.29, 1.82) is 0 Å². The number of amides is 1. The fraction of sp³-hybridized carbons (Fsp3) is 0.389. The smallest absolute Gasteiger partial charge is 0.223 e. The summed E-state index contributed by atoms with van der Waals surface area (Å²) in [5.74, 6) is 0.290. The topological polar surface area (TPSA) is 63.1 Å². The van der Waals surface area contributed by atoms with Gasteiger partial charge in [0.25, 0.3) is 0 Å². The van der Waals surface area contributed by atoms with Crippen LogP contribution < -0.4 is 10.2 Å². The van der Waals surface area contributed by atoms with Crippen LogP contribution >= 0.6 is 22.7 Å². The van der Waals surface area contributed by atoms with E-state index in [2.05, 4.69) is 31.9 Å². The highest BCUT2D eigenvalue weighted by atomic mass is 32.1. The number of anilines is 1. The quantitative estimate of drug-likeness (QED) is 0.706. The molecule has 26 heavy (non-hydrogen) atoms. The molecule has 0 aliphatic carbocycles. The van der Waals surface area contributed by atoms with Crippen LogP contribution in [0.3, 0.4) is 0 Å². The second-order valence-electron chi connectivity index (χ2n) is 6.34. The van der Waals surface area contributed by atoms with Gasteiger partial charge in [0.15, 0.2) is 0 Å². The maximum Gasteiger partial charge on any atom is 0.223 e. The van der Waals surface area contributed by atoms with E-state index in [0.717, 1.165) is 49.2 Å². The maximum atomic E-state index is 12.4. The van der Waals surface area contributed by atoms with Crippen molar-refractivity contribution in [3.63, 3.8) is 0 Å². The van der Waals surface area contributed by atoms with Gasteiger partial charge in [-0.3, -0.25) is 9.36 Å². The van der Waals surface area contributed by atoms with Crippen LogP contribution in [-0.4, -0.2) is 40.3 Å². The predicted octanol–water partition coefficient (Wildman–Crippen LogP) is 2.97. The van der Waals surface area contributed by atoms with Crippen LogP contribution in [0, 0.1) is 5.92 Å². The van der Waals surface area contributed by atoms with Crippen LogP contribution in [0.4, 0.5) is 5.13 Å². The summed E-state index contributed by atoms with van der Waals surface area (Å²) in [4.78, 5) is 15.9. The molecule has 0 bridgehead atoms. The minimum atomic E-state index is 0.103. The molecule has 0 unspecified atom stereocenters. The number of nitrogens with one attached hydrogen (secondary N) is 1. The van der Waals surface area contributed by atoms with Crippen LogP contribution in [0.2, 0.25) is 0 Å². The zero-order valence-electron chi connectivity index (χ0n) is 14.4. The number of thiophene rings is 1. The lowest BCUT2D eigenvalue weighted by Crippen LogP contribution is -2.41. The van der Waals surface area contributed by atoms with E-state index in [1.54, 1.807) is 22.7 Å². The molecule has 1 aliphatic rings. The lowest BCUT2D eigenvalue weighted by Gasteiger charge is -2.30. The molecule has 0 radical (unpaired) electrons. The molecule has 1 saturated heterocycles. The van der Waals surface area contributed by atoms with Gasteiger partial charge in [-0.15, -0.1) is 21.5 Å². The molecule has 0 atom stereocenters. The van der Waals surface area contributed by atoms with E-state index >= 15 is 0 Å². The van der Waals surface area contributed by atoms with Crippen LogP contribution in [-0.2, 0) is 11.2 Å². The fourth-order valence-corrected chi connectivity index (χ4v) is 4.72. The summed E-state index contributed by atoms with van der Waals surface area (Å²) in [7, 11) is 0. The van der Waals surface area contributed by atoms with Gasteiger partial charge >= 0.3 is 0 Å². The van der Waals surface area contributed by atoms with Gasteiger partial charge < -0.3 is 10.2 Å². The Hall–Kier alpha value is -2.19. The molecule has 6 nitrogen and oxygen atoms in total. The van der Waals surface area contributed by atoms with E-state index in [-0.39, 0.29) is 11.8 Å². The normalized spacial score (nSPS) is 15.3. The fourth-order valence-electron chi connectivity index (χ4n) is 3.14. The van der Waals surface area contributed by atoms with Crippen LogP contribution in [0.15, 0.2) is 42.0 Å². The van der Waals surface area contributed by atoms with Gasteiger partial charge in [-0.2, -0.15) is 0 Å². The van der Waals surface area contributed by atoms with Gasteiger partial charge in [0.05, 0.1) is 0 Å². The second-order valence-corrected chi connectivity index (χ2v) is 8.31.